The zero-order valence-electron chi connectivity index (χ0n) is 16.5. The molecule has 0 radical (unpaired) electrons. The summed E-state index contributed by atoms with van der Waals surface area (Å²) in [5.74, 6) is -0.146. The highest BCUT2D eigenvalue weighted by molar-refractivity contribution is 5.96. The van der Waals surface area contributed by atoms with Crippen molar-refractivity contribution in [3.05, 3.63) is 60.3 Å². The summed E-state index contributed by atoms with van der Waals surface area (Å²) >= 11 is 0. The molecule has 9 heteroatoms. The van der Waals surface area contributed by atoms with Crippen LogP contribution in [-0.4, -0.2) is 43.8 Å². The summed E-state index contributed by atoms with van der Waals surface area (Å²) < 4.78 is 50.6. The lowest BCUT2D eigenvalue weighted by atomic mass is 10.1. The third-order valence-electron chi connectivity index (χ3n) is 4.90. The zero-order valence-corrected chi connectivity index (χ0v) is 16.5. The Hall–Kier alpha value is -3.33. The predicted octanol–water partition coefficient (Wildman–Crippen LogP) is 4.11. The van der Waals surface area contributed by atoms with E-state index in [0.717, 1.165) is 17.5 Å². The first kappa shape index (κ1) is 20.9. The fraction of sp³-hybridized carbons (Fsp3) is 0.273. The number of fused-ring (bicyclic) bond motifs is 1. The van der Waals surface area contributed by atoms with Crippen molar-refractivity contribution in [3.63, 3.8) is 0 Å². The third kappa shape index (κ3) is 4.88. The Kier molecular flexibility index (Phi) is 5.94. The molecule has 4 rings (SSSR count). The Morgan fingerprint density at radius 3 is 2.68 bits per heavy atom. The molecule has 1 fully saturated rings. The molecule has 1 amide bonds. The summed E-state index contributed by atoms with van der Waals surface area (Å²) in [6.07, 6.45) is -2.90. The first-order chi connectivity index (χ1) is 14.9. The fourth-order valence-corrected chi connectivity index (χ4v) is 3.41. The van der Waals surface area contributed by atoms with Gasteiger partial charge in [0.15, 0.2) is 6.61 Å². The number of para-hydroxylation sites is 1. The Labute approximate surface area is 176 Å². The van der Waals surface area contributed by atoms with Crippen LogP contribution < -0.4 is 15.0 Å². The van der Waals surface area contributed by atoms with E-state index >= 15 is 0 Å². The SMILES string of the molecule is O=C(COc1cccc2cccnc12)Nc1cc(C(F)(F)F)ccc1N1CCOCC1. The van der Waals surface area contributed by atoms with Crippen LogP contribution in [0, 0.1) is 0 Å². The van der Waals surface area contributed by atoms with Crippen molar-refractivity contribution in [3.8, 4) is 5.75 Å². The molecule has 31 heavy (non-hydrogen) atoms. The lowest BCUT2D eigenvalue weighted by Crippen LogP contribution is -2.37. The molecule has 0 unspecified atom stereocenters. The third-order valence-corrected chi connectivity index (χ3v) is 4.90. The molecule has 0 atom stereocenters. The number of ether oxygens (including phenoxy) is 2. The summed E-state index contributed by atoms with van der Waals surface area (Å²) in [6.45, 7) is 1.60. The van der Waals surface area contributed by atoms with Crippen LogP contribution in [0.15, 0.2) is 54.7 Å². The minimum absolute atomic E-state index is 0.0846. The van der Waals surface area contributed by atoms with Gasteiger partial charge < -0.3 is 19.7 Å². The molecule has 2 heterocycles. The van der Waals surface area contributed by atoms with Gasteiger partial charge in [-0.25, -0.2) is 0 Å². The lowest BCUT2D eigenvalue weighted by Gasteiger charge is -2.31. The molecule has 162 valence electrons. The fourth-order valence-electron chi connectivity index (χ4n) is 3.41. The van der Waals surface area contributed by atoms with Crippen LogP contribution in [0.3, 0.4) is 0 Å². The van der Waals surface area contributed by atoms with Gasteiger partial charge >= 0.3 is 6.18 Å². The highest BCUT2D eigenvalue weighted by Crippen LogP contribution is 2.35. The maximum Gasteiger partial charge on any atom is 0.416 e. The minimum atomic E-state index is -4.52. The van der Waals surface area contributed by atoms with Gasteiger partial charge in [0.05, 0.1) is 30.2 Å². The number of carbonyl (C=O) groups is 1. The summed E-state index contributed by atoms with van der Waals surface area (Å²) in [4.78, 5) is 18.7. The number of nitrogens with one attached hydrogen (secondary N) is 1. The van der Waals surface area contributed by atoms with Crippen LogP contribution in [0.1, 0.15) is 5.56 Å². The van der Waals surface area contributed by atoms with E-state index < -0.39 is 17.6 Å². The van der Waals surface area contributed by atoms with Crippen LogP contribution in [-0.2, 0) is 15.7 Å². The summed E-state index contributed by atoms with van der Waals surface area (Å²) in [5.41, 5.74) is 0.364. The van der Waals surface area contributed by atoms with Gasteiger partial charge in [0.25, 0.3) is 5.91 Å². The molecule has 1 aliphatic heterocycles. The molecule has 1 saturated heterocycles. The van der Waals surface area contributed by atoms with Crippen molar-refractivity contribution >= 4 is 28.2 Å². The van der Waals surface area contributed by atoms with Gasteiger partial charge in [0.2, 0.25) is 0 Å². The monoisotopic (exact) mass is 431 g/mol. The lowest BCUT2D eigenvalue weighted by molar-refractivity contribution is -0.137. The molecule has 3 aromatic rings. The van der Waals surface area contributed by atoms with Gasteiger partial charge in [0.1, 0.15) is 11.3 Å². The van der Waals surface area contributed by atoms with Crippen molar-refractivity contribution in [1.82, 2.24) is 4.98 Å². The zero-order chi connectivity index (χ0) is 21.8. The second-order valence-corrected chi connectivity index (χ2v) is 7.00. The largest absolute Gasteiger partial charge is 0.481 e. The number of hydrogen-bond acceptors (Lipinski definition) is 5. The van der Waals surface area contributed by atoms with Gasteiger partial charge in [-0.2, -0.15) is 13.2 Å². The minimum Gasteiger partial charge on any atom is -0.481 e. The maximum absolute atomic E-state index is 13.2. The van der Waals surface area contributed by atoms with E-state index in [2.05, 4.69) is 10.3 Å². The molecular weight excluding hydrogens is 411 g/mol. The van der Waals surface area contributed by atoms with E-state index in [9.17, 15) is 18.0 Å². The standard InChI is InChI=1S/C22H20F3N3O3/c23-22(24,25)16-6-7-18(28-9-11-30-12-10-28)17(13-16)27-20(29)14-31-19-5-1-3-15-4-2-8-26-21(15)19/h1-8,13H,9-12,14H2,(H,27,29). The van der Waals surface area contributed by atoms with Crippen molar-refractivity contribution in [1.29, 1.82) is 0 Å². The normalized spacial score (nSPS) is 14.5. The number of benzene rings is 2. The molecule has 1 aliphatic rings. The smallest absolute Gasteiger partial charge is 0.416 e. The number of amides is 1. The van der Waals surface area contributed by atoms with Gasteiger partial charge in [0, 0.05) is 24.7 Å². The van der Waals surface area contributed by atoms with E-state index in [1.54, 1.807) is 24.4 Å². The molecular formula is C22H20F3N3O3. The second kappa shape index (κ2) is 8.81. The van der Waals surface area contributed by atoms with Gasteiger partial charge in [-0.05, 0) is 30.3 Å². The van der Waals surface area contributed by atoms with Crippen LogP contribution >= 0.6 is 0 Å². The number of pyridine rings is 1. The maximum atomic E-state index is 13.2. The number of rotatable bonds is 5. The van der Waals surface area contributed by atoms with Gasteiger partial charge in [-0.1, -0.05) is 18.2 Å². The molecule has 0 bridgehead atoms. The topological polar surface area (TPSA) is 63.7 Å². The molecule has 0 aliphatic carbocycles. The average molecular weight is 431 g/mol. The van der Waals surface area contributed by atoms with E-state index in [1.165, 1.54) is 6.07 Å². The highest BCUT2D eigenvalue weighted by Gasteiger charge is 2.32. The van der Waals surface area contributed by atoms with Crippen molar-refractivity contribution < 1.29 is 27.4 Å². The molecule has 1 N–H and O–H groups in total. The summed E-state index contributed by atoms with van der Waals surface area (Å²) in [6, 6.07) is 12.3. The van der Waals surface area contributed by atoms with Crippen LogP contribution in [0.2, 0.25) is 0 Å². The molecule has 0 saturated carbocycles. The number of aromatic nitrogens is 1. The Morgan fingerprint density at radius 2 is 1.90 bits per heavy atom. The molecule has 2 aromatic carbocycles. The molecule has 1 aromatic heterocycles. The number of nitrogens with zero attached hydrogens (tertiary/aromatic N) is 2. The number of anilines is 2. The molecule has 6 nitrogen and oxygen atoms in total. The van der Waals surface area contributed by atoms with Crippen molar-refractivity contribution in [2.75, 3.05) is 43.1 Å². The highest BCUT2D eigenvalue weighted by atomic mass is 19.4. The molecule has 0 spiro atoms. The number of morpholine rings is 1. The van der Waals surface area contributed by atoms with E-state index in [1.807, 2.05) is 17.0 Å². The number of halogens is 3. The number of carbonyl (C=O) groups excluding carboxylic acids is 1. The number of alkyl halides is 3. The van der Waals surface area contributed by atoms with Crippen LogP contribution in [0.4, 0.5) is 24.5 Å². The summed E-state index contributed by atoms with van der Waals surface area (Å²) in [7, 11) is 0. The van der Waals surface area contributed by atoms with Crippen LogP contribution in [0.5, 0.6) is 5.75 Å². The first-order valence-electron chi connectivity index (χ1n) is 9.72. The Morgan fingerprint density at radius 1 is 1.13 bits per heavy atom. The Bertz CT molecular complexity index is 1080. The van der Waals surface area contributed by atoms with Crippen molar-refractivity contribution in [2.45, 2.75) is 6.18 Å². The van der Waals surface area contributed by atoms with Crippen LogP contribution in [0.25, 0.3) is 10.9 Å². The quantitative estimate of drug-likeness (QED) is 0.659. The van der Waals surface area contributed by atoms with Gasteiger partial charge in [-0.3, -0.25) is 9.78 Å². The summed E-state index contributed by atoms with van der Waals surface area (Å²) in [5, 5.41) is 3.43. The number of hydrogen-bond donors (Lipinski definition) is 1. The predicted molar refractivity (Wildman–Crippen MR) is 110 cm³/mol. The Balaban J connectivity index is 1.53. The van der Waals surface area contributed by atoms with E-state index in [0.29, 0.717) is 43.3 Å². The van der Waals surface area contributed by atoms with E-state index in [-0.39, 0.29) is 12.3 Å². The van der Waals surface area contributed by atoms with Gasteiger partial charge in [-0.15, -0.1) is 0 Å². The van der Waals surface area contributed by atoms with Crippen molar-refractivity contribution in [2.24, 2.45) is 0 Å². The van der Waals surface area contributed by atoms with E-state index in [4.69, 9.17) is 9.47 Å². The second-order valence-electron chi connectivity index (χ2n) is 7.00. The average Bonchev–Trinajstić information content (AvgIpc) is 2.77. The first-order valence-corrected chi connectivity index (χ1v) is 9.72.